The number of rotatable bonds is 4. The van der Waals surface area contributed by atoms with Gasteiger partial charge in [-0.25, -0.2) is 4.98 Å². The van der Waals surface area contributed by atoms with E-state index in [2.05, 4.69) is 10.3 Å². The fourth-order valence-electron chi connectivity index (χ4n) is 2.72. The van der Waals surface area contributed by atoms with Crippen molar-refractivity contribution in [3.05, 3.63) is 47.0 Å². The lowest BCUT2D eigenvalue weighted by atomic mass is 9.96. The van der Waals surface area contributed by atoms with Crippen LogP contribution in [-0.4, -0.2) is 40.7 Å². The van der Waals surface area contributed by atoms with Gasteiger partial charge in [0, 0.05) is 30.0 Å². The van der Waals surface area contributed by atoms with Crippen molar-refractivity contribution >= 4 is 34.2 Å². The zero-order chi connectivity index (χ0) is 17.8. The number of thiazole rings is 1. The monoisotopic (exact) mass is 358 g/mol. The zero-order valence-electron chi connectivity index (χ0n) is 13.5. The molecule has 3 N–H and O–H groups in total. The number of benzene rings is 1. The molecule has 8 heteroatoms. The minimum atomic E-state index is -0.313. The Labute approximate surface area is 148 Å². The van der Waals surface area contributed by atoms with Crippen molar-refractivity contribution < 1.29 is 14.4 Å². The van der Waals surface area contributed by atoms with Crippen LogP contribution in [0.15, 0.2) is 35.7 Å². The van der Waals surface area contributed by atoms with E-state index in [1.165, 1.54) is 11.3 Å². The third-order valence-electron chi connectivity index (χ3n) is 4.16. The number of carbonyl (C=O) groups excluding carboxylic acids is 3. The van der Waals surface area contributed by atoms with E-state index in [0.29, 0.717) is 42.3 Å². The Morgan fingerprint density at radius 2 is 1.84 bits per heavy atom. The molecule has 1 saturated heterocycles. The summed E-state index contributed by atoms with van der Waals surface area (Å²) in [6, 6.07) is 8.80. The van der Waals surface area contributed by atoms with Crippen molar-refractivity contribution in [2.75, 3.05) is 18.4 Å². The molecular weight excluding hydrogens is 340 g/mol. The van der Waals surface area contributed by atoms with Gasteiger partial charge in [-0.05, 0) is 25.0 Å². The fraction of sp³-hybridized carbons (Fsp3) is 0.294. The Kier molecular flexibility index (Phi) is 5.08. The average molecular weight is 358 g/mol. The number of anilines is 1. The quantitative estimate of drug-likeness (QED) is 0.868. The molecule has 7 nitrogen and oxygen atoms in total. The summed E-state index contributed by atoms with van der Waals surface area (Å²) in [5.74, 6) is -0.942. The van der Waals surface area contributed by atoms with Gasteiger partial charge in [0.2, 0.25) is 5.91 Å². The van der Waals surface area contributed by atoms with Crippen molar-refractivity contribution in [1.29, 1.82) is 0 Å². The van der Waals surface area contributed by atoms with Gasteiger partial charge in [-0.3, -0.25) is 19.7 Å². The predicted molar refractivity (Wildman–Crippen MR) is 94.3 cm³/mol. The first kappa shape index (κ1) is 17.1. The van der Waals surface area contributed by atoms with Crippen LogP contribution in [-0.2, 0) is 4.79 Å². The molecule has 1 aromatic carbocycles. The first-order valence-electron chi connectivity index (χ1n) is 7.95. The molecule has 0 saturated carbocycles. The summed E-state index contributed by atoms with van der Waals surface area (Å²) < 4.78 is 0. The summed E-state index contributed by atoms with van der Waals surface area (Å²) in [5.41, 5.74) is 6.13. The summed E-state index contributed by atoms with van der Waals surface area (Å²) in [5, 5.41) is 4.70. The molecule has 130 valence electrons. The highest BCUT2D eigenvalue weighted by Crippen LogP contribution is 2.21. The van der Waals surface area contributed by atoms with Crippen molar-refractivity contribution in [1.82, 2.24) is 9.88 Å². The second-order valence-electron chi connectivity index (χ2n) is 5.83. The number of nitrogens with two attached hydrogens (primary N) is 1. The first-order valence-corrected chi connectivity index (χ1v) is 8.83. The molecule has 1 fully saturated rings. The Bertz CT molecular complexity index is 782. The molecule has 1 aromatic heterocycles. The molecule has 2 heterocycles. The SMILES string of the molecule is NC(=O)C1CCN(C(=O)c2csc(NC(=O)c3ccccc3)n2)CC1. The molecule has 0 spiro atoms. The van der Waals surface area contributed by atoms with E-state index in [1.54, 1.807) is 34.5 Å². The van der Waals surface area contributed by atoms with Gasteiger partial charge in [0.05, 0.1) is 0 Å². The summed E-state index contributed by atoms with van der Waals surface area (Å²) >= 11 is 1.21. The van der Waals surface area contributed by atoms with Gasteiger partial charge in [-0.15, -0.1) is 11.3 Å². The maximum absolute atomic E-state index is 12.5. The number of primary amides is 1. The van der Waals surface area contributed by atoms with Crippen LogP contribution in [0.25, 0.3) is 0 Å². The highest BCUT2D eigenvalue weighted by atomic mass is 32.1. The molecule has 0 atom stereocenters. The van der Waals surface area contributed by atoms with E-state index < -0.39 is 0 Å². The van der Waals surface area contributed by atoms with E-state index in [4.69, 9.17) is 5.73 Å². The van der Waals surface area contributed by atoms with Crippen molar-refractivity contribution in [2.24, 2.45) is 11.7 Å². The maximum Gasteiger partial charge on any atom is 0.273 e. The lowest BCUT2D eigenvalue weighted by Gasteiger charge is -2.29. The number of carbonyl (C=O) groups is 3. The Hall–Kier alpha value is -2.74. The van der Waals surface area contributed by atoms with Crippen LogP contribution >= 0.6 is 11.3 Å². The molecule has 0 unspecified atom stereocenters. The number of aromatic nitrogens is 1. The van der Waals surface area contributed by atoms with Gasteiger partial charge in [0.1, 0.15) is 5.69 Å². The minimum Gasteiger partial charge on any atom is -0.369 e. The molecule has 0 aliphatic carbocycles. The van der Waals surface area contributed by atoms with Gasteiger partial charge in [-0.1, -0.05) is 18.2 Å². The second kappa shape index (κ2) is 7.43. The average Bonchev–Trinajstić information content (AvgIpc) is 3.10. The molecule has 2 aromatic rings. The van der Waals surface area contributed by atoms with Crippen LogP contribution in [0.5, 0.6) is 0 Å². The number of likely N-dealkylation sites (tertiary alicyclic amines) is 1. The van der Waals surface area contributed by atoms with Crippen molar-refractivity contribution in [3.8, 4) is 0 Å². The normalized spacial score (nSPS) is 15.0. The second-order valence-corrected chi connectivity index (χ2v) is 6.68. The number of nitrogens with one attached hydrogen (secondary N) is 1. The number of nitrogens with zero attached hydrogens (tertiary/aromatic N) is 2. The van der Waals surface area contributed by atoms with Crippen LogP contribution in [0, 0.1) is 5.92 Å². The Morgan fingerprint density at radius 3 is 2.48 bits per heavy atom. The smallest absolute Gasteiger partial charge is 0.273 e. The Balaban J connectivity index is 1.60. The van der Waals surface area contributed by atoms with E-state index in [-0.39, 0.29) is 23.6 Å². The highest BCUT2D eigenvalue weighted by molar-refractivity contribution is 7.14. The van der Waals surface area contributed by atoms with Gasteiger partial charge < -0.3 is 10.6 Å². The van der Waals surface area contributed by atoms with Crippen molar-refractivity contribution in [3.63, 3.8) is 0 Å². The fourth-order valence-corrected chi connectivity index (χ4v) is 3.40. The van der Waals surface area contributed by atoms with Gasteiger partial charge >= 0.3 is 0 Å². The predicted octanol–water partition coefficient (Wildman–Crippen LogP) is 1.73. The lowest BCUT2D eigenvalue weighted by Crippen LogP contribution is -2.41. The van der Waals surface area contributed by atoms with Crippen LogP contribution in [0.4, 0.5) is 5.13 Å². The number of amides is 3. The van der Waals surface area contributed by atoms with Gasteiger partial charge in [-0.2, -0.15) is 0 Å². The third-order valence-corrected chi connectivity index (χ3v) is 4.92. The molecule has 3 amide bonds. The van der Waals surface area contributed by atoms with Crippen LogP contribution in [0.1, 0.15) is 33.7 Å². The third kappa shape index (κ3) is 4.03. The number of hydrogen-bond acceptors (Lipinski definition) is 5. The van der Waals surface area contributed by atoms with E-state index in [0.717, 1.165) is 0 Å². The molecule has 1 aliphatic rings. The number of piperidine rings is 1. The number of hydrogen-bond donors (Lipinski definition) is 2. The largest absolute Gasteiger partial charge is 0.369 e. The zero-order valence-corrected chi connectivity index (χ0v) is 14.3. The first-order chi connectivity index (χ1) is 12.0. The summed E-state index contributed by atoms with van der Waals surface area (Å²) in [6.07, 6.45) is 1.14. The standard InChI is InChI=1S/C17H18N4O3S/c18-14(22)11-6-8-21(9-7-11)16(24)13-10-25-17(19-13)20-15(23)12-4-2-1-3-5-12/h1-5,10-11H,6-9H2,(H2,18,22)(H,19,20,23). The van der Waals surface area contributed by atoms with Crippen molar-refractivity contribution in [2.45, 2.75) is 12.8 Å². The molecule has 0 radical (unpaired) electrons. The molecule has 3 rings (SSSR count). The molecule has 0 bridgehead atoms. The van der Waals surface area contributed by atoms with E-state index in [1.807, 2.05) is 6.07 Å². The lowest BCUT2D eigenvalue weighted by molar-refractivity contribution is -0.123. The Morgan fingerprint density at radius 1 is 1.16 bits per heavy atom. The van der Waals surface area contributed by atoms with Crippen LogP contribution in [0.2, 0.25) is 0 Å². The van der Waals surface area contributed by atoms with Crippen LogP contribution < -0.4 is 11.1 Å². The van der Waals surface area contributed by atoms with Gasteiger partial charge in [0.25, 0.3) is 11.8 Å². The molecule has 25 heavy (non-hydrogen) atoms. The maximum atomic E-state index is 12.5. The summed E-state index contributed by atoms with van der Waals surface area (Å²) in [4.78, 5) is 41.7. The summed E-state index contributed by atoms with van der Waals surface area (Å²) in [6.45, 7) is 0.964. The topological polar surface area (TPSA) is 105 Å². The van der Waals surface area contributed by atoms with Crippen LogP contribution in [0.3, 0.4) is 0 Å². The molecule has 1 aliphatic heterocycles. The van der Waals surface area contributed by atoms with E-state index in [9.17, 15) is 14.4 Å². The molecular formula is C17H18N4O3S. The highest BCUT2D eigenvalue weighted by Gasteiger charge is 2.27. The minimum absolute atomic E-state index is 0.166. The summed E-state index contributed by atoms with van der Waals surface area (Å²) in [7, 11) is 0. The van der Waals surface area contributed by atoms with E-state index >= 15 is 0 Å². The van der Waals surface area contributed by atoms with Gasteiger partial charge in [0.15, 0.2) is 5.13 Å².